The standard InChI is InChI=1S/C80H155NO10/c1-3-5-7-9-11-13-15-46-50-54-58-62-66-73(83)72(71-90-80-79(88)78(87)77(86)74(70-82)91-80)81-75(84)67-63-59-55-51-47-44-42-40-38-36-34-32-30-28-26-24-22-20-18-17-19-21-23-25-27-29-31-33-35-37-39-41-43-45-49-53-57-61-65-69-89-76(85)68-64-60-56-52-48-16-14-12-10-8-6-4-2/h62,66,72-74,77-80,82-83,86-88H,3-61,63-65,67-71H2,1-2H3,(H,81,84)/b66-62+. The van der Waals surface area contributed by atoms with Gasteiger partial charge in [0.1, 0.15) is 24.4 Å². The third kappa shape index (κ3) is 58.3. The fourth-order valence-electron chi connectivity index (χ4n) is 13.3. The summed E-state index contributed by atoms with van der Waals surface area (Å²) in [5, 5.41) is 54.5. The van der Waals surface area contributed by atoms with Crippen molar-refractivity contribution in [3.05, 3.63) is 12.2 Å². The van der Waals surface area contributed by atoms with Crippen LogP contribution in [0.4, 0.5) is 0 Å². The van der Waals surface area contributed by atoms with E-state index in [1.807, 2.05) is 6.08 Å². The Kier molecular flexibility index (Phi) is 67.0. The van der Waals surface area contributed by atoms with E-state index in [0.29, 0.717) is 19.4 Å². The molecule has 0 aromatic rings. The van der Waals surface area contributed by atoms with Gasteiger partial charge >= 0.3 is 5.97 Å². The van der Waals surface area contributed by atoms with Gasteiger partial charge in [-0.1, -0.05) is 392 Å². The number of aliphatic hydroxyl groups is 5. The molecule has 1 saturated heterocycles. The van der Waals surface area contributed by atoms with Crippen molar-refractivity contribution in [3.63, 3.8) is 0 Å². The number of allylic oxidation sites excluding steroid dienone is 1. The summed E-state index contributed by atoms with van der Waals surface area (Å²) in [5.41, 5.74) is 0. The maximum atomic E-state index is 13.1. The molecule has 1 amide bonds. The van der Waals surface area contributed by atoms with E-state index in [2.05, 4.69) is 19.2 Å². The van der Waals surface area contributed by atoms with E-state index in [0.717, 1.165) is 51.4 Å². The molecule has 540 valence electrons. The van der Waals surface area contributed by atoms with Crippen molar-refractivity contribution in [3.8, 4) is 0 Å². The van der Waals surface area contributed by atoms with Gasteiger partial charge < -0.3 is 45.1 Å². The minimum Gasteiger partial charge on any atom is -0.466 e. The van der Waals surface area contributed by atoms with Gasteiger partial charge in [-0.3, -0.25) is 9.59 Å². The molecule has 1 fully saturated rings. The molecule has 7 unspecified atom stereocenters. The Morgan fingerprint density at radius 2 is 0.692 bits per heavy atom. The van der Waals surface area contributed by atoms with Gasteiger partial charge in [0, 0.05) is 12.8 Å². The first-order valence-corrected chi connectivity index (χ1v) is 40.5. The van der Waals surface area contributed by atoms with E-state index in [-0.39, 0.29) is 18.5 Å². The van der Waals surface area contributed by atoms with Crippen molar-refractivity contribution in [1.29, 1.82) is 0 Å². The van der Waals surface area contributed by atoms with Crippen LogP contribution in [-0.4, -0.2) is 100 Å². The van der Waals surface area contributed by atoms with Crippen LogP contribution in [0.25, 0.3) is 0 Å². The molecule has 11 nitrogen and oxygen atoms in total. The van der Waals surface area contributed by atoms with Crippen molar-refractivity contribution in [2.45, 2.75) is 468 Å². The normalized spacial score (nSPS) is 17.5. The van der Waals surface area contributed by atoms with Crippen molar-refractivity contribution in [1.82, 2.24) is 5.32 Å². The molecule has 0 aromatic carbocycles. The molecule has 0 aromatic heterocycles. The largest absolute Gasteiger partial charge is 0.466 e. The second kappa shape index (κ2) is 69.7. The number of esters is 1. The first-order chi connectivity index (χ1) is 44.7. The lowest BCUT2D eigenvalue weighted by Gasteiger charge is -2.40. The number of hydrogen-bond acceptors (Lipinski definition) is 10. The van der Waals surface area contributed by atoms with Crippen LogP contribution in [0.15, 0.2) is 12.2 Å². The summed E-state index contributed by atoms with van der Waals surface area (Å²) >= 11 is 0. The Morgan fingerprint density at radius 3 is 1.02 bits per heavy atom. The van der Waals surface area contributed by atoms with Gasteiger partial charge in [0.2, 0.25) is 5.91 Å². The highest BCUT2D eigenvalue weighted by atomic mass is 16.7. The Hall–Kier alpha value is -1.60. The number of rotatable bonds is 73. The van der Waals surface area contributed by atoms with Gasteiger partial charge in [-0.25, -0.2) is 0 Å². The Morgan fingerprint density at radius 1 is 0.396 bits per heavy atom. The monoisotopic (exact) mass is 1290 g/mol. The van der Waals surface area contributed by atoms with Crippen LogP contribution in [0, 0.1) is 0 Å². The molecule has 1 aliphatic rings. The number of nitrogens with one attached hydrogen (secondary N) is 1. The first kappa shape index (κ1) is 87.4. The zero-order valence-electron chi connectivity index (χ0n) is 60.3. The lowest BCUT2D eigenvalue weighted by atomic mass is 9.99. The highest BCUT2D eigenvalue weighted by Crippen LogP contribution is 2.24. The zero-order chi connectivity index (χ0) is 65.8. The summed E-state index contributed by atoms with van der Waals surface area (Å²) in [6.45, 7) is 4.40. The number of unbranched alkanes of at least 4 members (excludes halogenated alkanes) is 59. The van der Waals surface area contributed by atoms with Crippen LogP contribution in [0.1, 0.15) is 425 Å². The number of amides is 1. The number of carbonyl (C=O) groups is 2. The van der Waals surface area contributed by atoms with E-state index in [1.165, 1.54) is 347 Å². The number of carbonyl (C=O) groups excluding carboxylic acids is 2. The van der Waals surface area contributed by atoms with Crippen LogP contribution in [0.5, 0.6) is 0 Å². The maximum Gasteiger partial charge on any atom is 0.305 e. The minimum absolute atomic E-state index is 0.0200. The highest BCUT2D eigenvalue weighted by molar-refractivity contribution is 5.76. The van der Waals surface area contributed by atoms with Crippen molar-refractivity contribution in [2.24, 2.45) is 0 Å². The molecular formula is C80H155NO10. The maximum absolute atomic E-state index is 13.1. The second-order valence-electron chi connectivity index (χ2n) is 28.5. The molecule has 11 heteroatoms. The zero-order valence-corrected chi connectivity index (χ0v) is 60.3. The summed E-state index contributed by atoms with van der Waals surface area (Å²) in [6.07, 6.45) is 78.3. The molecule has 0 aliphatic carbocycles. The van der Waals surface area contributed by atoms with Crippen molar-refractivity contribution < 1.29 is 49.3 Å². The lowest BCUT2D eigenvalue weighted by Crippen LogP contribution is -2.60. The predicted octanol–water partition coefficient (Wildman–Crippen LogP) is 21.8. The van der Waals surface area contributed by atoms with Crippen molar-refractivity contribution in [2.75, 3.05) is 19.8 Å². The SMILES string of the molecule is CCCCCCCCCCCC/C=C/C(O)C(COC1OC(CO)C(O)C(O)C1O)NC(=O)CCCCCCCCCCCCCCCCCCCCCCCCCCCCCCCCCCCCCCCCCOC(=O)CCCCCCCCCCCCCC. The fourth-order valence-corrected chi connectivity index (χ4v) is 13.3. The summed E-state index contributed by atoms with van der Waals surface area (Å²) in [4.78, 5) is 25.1. The van der Waals surface area contributed by atoms with Crippen LogP contribution in [0.2, 0.25) is 0 Å². The third-order valence-corrected chi connectivity index (χ3v) is 19.7. The molecule has 6 N–H and O–H groups in total. The summed E-state index contributed by atoms with van der Waals surface area (Å²) in [5.74, 6) is -0.153. The summed E-state index contributed by atoms with van der Waals surface area (Å²) < 4.78 is 16.8. The third-order valence-electron chi connectivity index (χ3n) is 19.7. The number of ether oxygens (including phenoxy) is 3. The van der Waals surface area contributed by atoms with Crippen LogP contribution < -0.4 is 5.32 Å². The molecule has 7 atom stereocenters. The topological polar surface area (TPSA) is 175 Å². The second-order valence-corrected chi connectivity index (χ2v) is 28.5. The highest BCUT2D eigenvalue weighted by Gasteiger charge is 2.44. The average Bonchev–Trinajstić information content (AvgIpc) is 1.37. The number of aliphatic hydroxyl groups excluding tert-OH is 5. The quantitative estimate of drug-likeness (QED) is 0.0195. The van der Waals surface area contributed by atoms with Gasteiger partial charge in [0.05, 0.1) is 32.0 Å². The smallest absolute Gasteiger partial charge is 0.305 e. The van der Waals surface area contributed by atoms with E-state index < -0.39 is 49.5 Å². The molecule has 0 bridgehead atoms. The summed E-state index contributed by atoms with van der Waals surface area (Å²) in [7, 11) is 0. The molecule has 91 heavy (non-hydrogen) atoms. The molecular weight excluding hydrogens is 1130 g/mol. The summed E-state index contributed by atoms with van der Waals surface area (Å²) in [6, 6.07) is -0.804. The minimum atomic E-state index is -1.57. The lowest BCUT2D eigenvalue weighted by molar-refractivity contribution is -0.302. The van der Waals surface area contributed by atoms with E-state index in [4.69, 9.17) is 14.2 Å². The van der Waals surface area contributed by atoms with Crippen LogP contribution in [-0.2, 0) is 23.8 Å². The molecule has 0 radical (unpaired) electrons. The molecule has 0 spiro atoms. The Balaban J connectivity index is 1.86. The number of hydrogen-bond donors (Lipinski definition) is 6. The predicted molar refractivity (Wildman–Crippen MR) is 385 cm³/mol. The Bertz CT molecular complexity index is 1510. The molecule has 1 heterocycles. The van der Waals surface area contributed by atoms with Gasteiger partial charge in [-0.05, 0) is 32.1 Å². The molecule has 1 rings (SSSR count). The molecule has 1 aliphatic heterocycles. The average molecular weight is 1290 g/mol. The van der Waals surface area contributed by atoms with E-state index in [9.17, 15) is 35.1 Å². The van der Waals surface area contributed by atoms with Gasteiger partial charge in [-0.2, -0.15) is 0 Å². The van der Waals surface area contributed by atoms with E-state index >= 15 is 0 Å². The van der Waals surface area contributed by atoms with E-state index in [1.54, 1.807) is 6.08 Å². The fraction of sp³-hybridized carbons (Fsp3) is 0.950. The first-order valence-electron chi connectivity index (χ1n) is 40.5. The van der Waals surface area contributed by atoms with Gasteiger partial charge in [-0.15, -0.1) is 0 Å². The Labute approximate surface area is 563 Å². The molecule has 0 saturated carbocycles. The van der Waals surface area contributed by atoms with Gasteiger partial charge in [0.15, 0.2) is 6.29 Å². The van der Waals surface area contributed by atoms with Crippen molar-refractivity contribution >= 4 is 11.9 Å². The van der Waals surface area contributed by atoms with Crippen LogP contribution in [0.3, 0.4) is 0 Å². The van der Waals surface area contributed by atoms with Gasteiger partial charge in [0.25, 0.3) is 0 Å². The van der Waals surface area contributed by atoms with Crippen LogP contribution >= 0.6 is 0 Å².